The maximum absolute atomic E-state index is 2.31. The molecule has 1 aliphatic carbocycles. The molecule has 1 aliphatic rings. The summed E-state index contributed by atoms with van der Waals surface area (Å²) in [6, 6.07) is 13.4. The van der Waals surface area contributed by atoms with E-state index in [1.54, 1.807) is 0 Å². The molecule has 23 heavy (non-hydrogen) atoms. The highest BCUT2D eigenvalue weighted by atomic mass is 14.1. The smallest absolute Gasteiger partial charge is 0.0151 e. The summed E-state index contributed by atoms with van der Waals surface area (Å²) in [6.07, 6.45) is 10.1. The van der Waals surface area contributed by atoms with Crippen molar-refractivity contribution in [1.82, 2.24) is 0 Å². The number of aryl methyl sites for hydroxylation is 4. The van der Waals surface area contributed by atoms with Crippen molar-refractivity contribution < 1.29 is 0 Å². The fourth-order valence-electron chi connectivity index (χ4n) is 2.90. The first-order valence-corrected chi connectivity index (χ1v) is 8.28. The van der Waals surface area contributed by atoms with E-state index >= 15 is 0 Å². The van der Waals surface area contributed by atoms with E-state index in [1.807, 2.05) is 0 Å². The van der Waals surface area contributed by atoms with Crippen LogP contribution in [0.3, 0.4) is 0 Å². The van der Waals surface area contributed by atoms with Crippen molar-refractivity contribution in [2.75, 3.05) is 0 Å². The molecule has 0 heterocycles. The second-order valence-corrected chi connectivity index (χ2v) is 6.49. The van der Waals surface area contributed by atoms with Crippen molar-refractivity contribution in [2.24, 2.45) is 0 Å². The predicted octanol–water partition coefficient (Wildman–Crippen LogP) is 6.35. The summed E-state index contributed by atoms with van der Waals surface area (Å²) in [4.78, 5) is 0. The molecule has 0 bridgehead atoms. The third-order valence-electron chi connectivity index (χ3n) is 4.80. The van der Waals surface area contributed by atoms with Gasteiger partial charge in [-0.25, -0.2) is 0 Å². The van der Waals surface area contributed by atoms with Crippen LogP contribution in [0, 0.1) is 27.7 Å². The van der Waals surface area contributed by atoms with E-state index in [4.69, 9.17) is 0 Å². The highest BCUT2D eigenvalue weighted by Gasteiger charge is 2.05. The van der Waals surface area contributed by atoms with Gasteiger partial charge in [-0.15, -0.1) is 0 Å². The Hall–Kier alpha value is -2.34. The van der Waals surface area contributed by atoms with Crippen LogP contribution in [0.5, 0.6) is 0 Å². The number of hydrogen-bond donors (Lipinski definition) is 0. The molecule has 2 aromatic rings. The average Bonchev–Trinajstić information content (AvgIpc) is 2.79. The normalized spacial score (nSPS) is 14.3. The van der Waals surface area contributed by atoms with E-state index in [1.165, 1.54) is 44.5 Å². The second-order valence-electron chi connectivity index (χ2n) is 6.49. The largest absolute Gasteiger partial charge is 0.0728 e. The molecule has 0 N–H and O–H groups in total. The Morgan fingerprint density at radius 3 is 1.39 bits per heavy atom. The minimum Gasteiger partial charge on any atom is -0.0728 e. The minimum atomic E-state index is 0.970. The van der Waals surface area contributed by atoms with E-state index in [-0.39, 0.29) is 0 Å². The summed E-state index contributed by atoms with van der Waals surface area (Å²) < 4.78 is 0. The van der Waals surface area contributed by atoms with Gasteiger partial charge in [0.1, 0.15) is 0 Å². The predicted molar refractivity (Wildman–Crippen MR) is 102 cm³/mol. The van der Waals surface area contributed by atoms with Crippen molar-refractivity contribution in [1.29, 1.82) is 0 Å². The molecule has 0 nitrogen and oxygen atoms in total. The highest BCUT2D eigenvalue weighted by molar-refractivity contribution is 5.83. The zero-order chi connectivity index (χ0) is 16.4. The minimum absolute atomic E-state index is 0.970. The lowest BCUT2D eigenvalue weighted by Crippen LogP contribution is -1.86. The van der Waals surface area contributed by atoms with Gasteiger partial charge in [0, 0.05) is 0 Å². The maximum atomic E-state index is 2.31. The van der Waals surface area contributed by atoms with Crippen molar-refractivity contribution in [2.45, 2.75) is 34.1 Å². The molecule has 0 atom stereocenters. The van der Waals surface area contributed by atoms with Gasteiger partial charge in [-0.05, 0) is 78.6 Å². The van der Waals surface area contributed by atoms with E-state index in [0.29, 0.717) is 0 Å². The van der Waals surface area contributed by atoms with Gasteiger partial charge in [0.05, 0.1) is 0 Å². The van der Waals surface area contributed by atoms with E-state index in [2.05, 4.69) is 88.4 Å². The summed E-state index contributed by atoms with van der Waals surface area (Å²) in [5.41, 5.74) is 10.6. The van der Waals surface area contributed by atoms with Crippen LogP contribution in [0.15, 0.2) is 60.7 Å². The van der Waals surface area contributed by atoms with Crippen molar-refractivity contribution in [3.8, 4) is 0 Å². The Kier molecular flexibility index (Phi) is 4.34. The average molecular weight is 300 g/mol. The van der Waals surface area contributed by atoms with Crippen LogP contribution in [0.2, 0.25) is 0 Å². The Morgan fingerprint density at radius 2 is 1.00 bits per heavy atom. The standard InChI is InChI=1S/C23H24/c1-16-8-10-22(14-18(16)3)20-6-5-7-21(13-12-20)23-11-9-17(2)19(4)15-23/h6-15H,5H2,1-4H3. The molecule has 0 radical (unpaired) electrons. The van der Waals surface area contributed by atoms with Gasteiger partial charge in [-0.2, -0.15) is 0 Å². The first-order valence-electron chi connectivity index (χ1n) is 8.28. The first-order chi connectivity index (χ1) is 11.0. The van der Waals surface area contributed by atoms with Crippen LogP contribution in [0.4, 0.5) is 0 Å². The van der Waals surface area contributed by atoms with Crippen molar-refractivity contribution in [3.63, 3.8) is 0 Å². The molecule has 0 saturated carbocycles. The second kappa shape index (κ2) is 6.42. The summed E-state index contributed by atoms with van der Waals surface area (Å²) in [7, 11) is 0. The van der Waals surface area contributed by atoms with Crippen molar-refractivity contribution in [3.05, 3.63) is 94.1 Å². The molecule has 0 aromatic heterocycles. The molecule has 0 aliphatic heterocycles. The Balaban J connectivity index is 1.89. The van der Waals surface area contributed by atoms with Gasteiger partial charge in [0.25, 0.3) is 0 Å². The topological polar surface area (TPSA) is 0 Å². The lowest BCUT2D eigenvalue weighted by Gasteiger charge is -2.07. The monoisotopic (exact) mass is 300 g/mol. The lowest BCUT2D eigenvalue weighted by molar-refractivity contribution is 1.32. The molecule has 0 unspecified atom stereocenters. The van der Waals surface area contributed by atoms with Crippen LogP contribution in [0.25, 0.3) is 11.1 Å². The molecular formula is C23H24. The van der Waals surface area contributed by atoms with E-state index in [0.717, 1.165) is 6.42 Å². The Bertz CT molecular complexity index is 760. The maximum Gasteiger partial charge on any atom is -0.0151 e. The summed E-state index contributed by atoms with van der Waals surface area (Å²) >= 11 is 0. The molecule has 3 rings (SSSR count). The van der Waals surface area contributed by atoms with Crippen LogP contribution in [-0.2, 0) is 0 Å². The summed E-state index contributed by atoms with van der Waals surface area (Å²) in [5.74, 6) is 0. The number of allylic oxidation sites excluding steroid dienone is 6. The van der Waals surface area contributed by atoms with Crippen LogP contribution < -0.4 is 0 Å². The van der Waals surface area contributed by atoms with Crippen LogP contribution in [-0.4, -0.2) is 0 Å². The van der Waals surface area contributed by atoms with E-state index < -0.39 is 0 Å². The van der Waals surface area contributed by atoms with Gasteiger partial charge in [-0.1, -0.05) is 60.7 Å². The van der Waals surface area contributed by atoms with Gasteiger partial charge in [0.2, 0.25) is 0 Å². The number of hydrogen-bond acceptors (Lipinski definition) is 0. The Labute approximate surface area is 139 Å². The third-order valence-corrected chi connectivity index (χ3v) is 4.80. The fraction of sp³-hybridized carbons (Fsp3) is 0.217. The summed E-state index contributed by atoms with van der Waals surface area (Å²) in [5, 5.41) is 0. The quantitative estimate of drug-likeness (QED) is 0.606. The zero-order valence-corrected chi connectivity index (χ0v) is 14.5. The molecule has 116 valence electrons. The molecular weight excluding hydrogens is 276 g/mol. The molecule has 0 fully saturated rings. The molecule has 0 amide bonds. The third kappa shape index (κ3) is 3.37. The molecule has 0 spiro atoms. The zero-order valence-electron chi connectivity index (χ0n) is 14.5. The van der Waals surface area contributed by atoms with Gasteiger partial charge in [0.15, 0.2) is 0 Å². The molecule has 0 saturated heterocycles. The van der Waals surface area contributed by atoms with Gasteiger partial charge < -0.3 is 0 Å². The van der Waals surface area contributed by atoms with Crippen LogP contribution in [0.1, 0.15) is 39.8 Å². The van der Waals surface area contributed by atoms with Crippen LogP contribution >= 0.6 is 0 Å². The van der Waals surface area contributed by atoms with E-state index in [9.17, 15) is 0 Å². The van der Waals surface area contributed by atoms with Gasteiger partial charge >= 0.3 is 0 Å². The summed E-state index contributed by atoms with van der Waals surface area (Å²) in [6.45, 7) is 8.68. The fourth-order valence-corrected chi connectivity index (χ4v) is 2.90. The highest BCUT2D eigenvalue weighted by Crippen LogP contribution is 2.27. The Morgan fingerprint density at radius 1 is 0.565 bits per heavy atom. The lowest BCUT2D eigenvalue weighted by atomic mass is 9.98. The van der Waals surface area contributed by atoms with Crippen molar-refractivity contribution >= 4 is 11.1 Å². The molecule has 2 aromatic carbocycles. The SMILES string of the molecule is Cc1ccc(C2=CCC=C(c3ccc(C)c(C)c3)C=C2)cc1C. The first kappa shape index (κ1) is 15.6. The molecule has 0 heteroatoms. The number of benzene rings is 2. The number of rotatable bonds is 2. The van der Waals surface area contributed by atoms with Gasteiger partial charge in [-0.3, -0.25) is 0 Å².